The predicted molar refractivity (Wildman–Crippen MR) is 111 cm³/mol. The number of hydrogen-bond acceptors (Lipinski definition) is 2. The zero-order valence-electron chi connectivity index (χ0n) is 16.3. The van der Waals surface area contributed by atoms with Crippen molar-refractivity contribution in [3.8, 4) is 0 Å². The molecule has 2 amide bonds. The monoisotopic (exact) mass is 376 g/mol. The smallest absolute Gasteiger partial charge is 0.253 e. The molecule has 2 aliphatic rings. The second-order valence-electron chi connectivity index (χ2n) is 7.96. The van der Waals surface area contributed by atoms with Gasteiger partial charge in [0.2, 0.25) is 5.91 Å². The van der Waals surface area contributed by atoms with Crippen molar-refractivity contribution in [2.24, 2.45) is 5.92 Å². The molecule has 0 aliphatic carbocycles. The van der Waals surface area contributed by atoms with Crippen molar-refractivity contribution in [2.45, 2.75) is 38.5 Å². The number of rotatable bonds is 5. The van der Waals surface area contributed by atoms with Gasteiger partial charge in [0, 0.05) is 37.3 Å². The lowest BCUT2D eigenvalue weighted by molar-refractivity contribution is -0.117. The summed E-state index contributed by atoms with van der Waals surface area (Å²) in [4.78, 5) is 28.5. The highest BCUT2D eigenvalue weighted by atomic mass is 16.2. The molecule has 4 nitrogen and oxygen atoms in total. The molecule has 0 aromatic heterocycles. The average Bonchev–Trinajstić information content (AvgIpc) is 3.19. The van der Waals surface area contributed by atoms with Crippen molar-refractivity contribution in [1.29, 1.82) is 0 Å². The van der Waals surface area contributed by atoms with Gasteiger partial charge in [0.05, 0.1) is 0 Å². The Hall–Kier alpha value is -2.62. The molecule has 2 heterocycles. The largest absolute Gasteiger partial charge is 0.339 e. The Balaban J connectivity index is 1.28. The maximum absolute atomic E-state index is 12.8. The zero-order valence-corrected chi connectivity index (χ0v) is 16.3. The molecule has 2 aromatic carbocycles. The van der Waals surface area contributed by atoms with Crippen molar-refractivity contribution < 1.29 is 9.59 Å². The van der Waals surface area contributed by atoms with Gasteiger partial charge in [0.15, 0.2) is 0 Å². The molecule has 0 unspecified atom stereocenters. The van der Waals surface area contributed by atoms with E-state index in [0.717, 1.165) is 56.6 Å². The van der Waals surface area contributed by atoms with E-state index < -0.39 is 0 Å². The lowest BCUT2D eigenvalue weighted by Crippen LogP contribution is -2.38. The predicted octanol–water partition coefficient (Wildman–Crippen LogP) is 4.30. The summed E-state index contributed by atoms with van der Waals surface area (Å²) in [7, 11) is 0. The van der Waals surface area contributed by atoms with Crippen LogP contribution in [0, 0.1) is 5.92 Å². The first kappa shape index (κ1) is 18.7. The normalized spacial score (nSPS) is 17.9. The van der Waals surface area contributed by atoms with Crippen LogP contribution in [0.3, 0.4) is 0 Å². The molecule has 0 atom stereocenters. The fourth-order valence-corrected chi connectivity index (χ4v) is 4.33. The molecule has 0 radical (unpaired) electrons. The van der Waals surface area contributed by atoms with Gasteiger partial charge in [0.25, 0.3) is 5.91 Å². The fourth-order valence-electron chi connectivity index (χ4n) is 4.33. The molecule has 0 saturated carbocycles. The van der Waals surface area contributed by atoms with E-state index in [1.54, 1.807) is 0 Å². The summed E-state index contributed by atoms with van der Waals surface area (Å²) in [5, 5.41) is 0. The Labute approximate surface area is 167 Å². The first-order valence-electron chi connectivity index (χ1n) is 10.4. The molecule has 28 heavy (non-hydrogen) atoms. The first-order chi connectivity index (χ1) is 13.7. The van der Waals surface area contributed by atoms with Crippen LogP contribution >= 0.6 is 0 Å². The van der Waals surface area contributed by atoms with Crippen LogP contribution in [-0.4, -0.2) is 36.3 Å². The molecule has 0 bridgehead atoms. The summed E-state index contributed by atoms with van der Waals surface area (Å²) < 4.78 is 0. The summed E-state index contributed by atoms with van der Waals surface area (Å²) in [5.41, 5.74) is 3.02. The molecule has 2 aliphatic heterocycles. The van der Waals surface area contributed by atoms with Crippen LogP contribution in [0.4, 0.5) is 5.69 Å². The Kier molecular flexibility index (Phi) is 5.75. The van der Waals surface area contributed by atoms with Crippen LogP contribution in [0.1, 0.15) is 48.0 Å². The molecule has 4 heteroatoms. The standard InChI is InChI=1S/C24H28N2O2/c27-23-7-4-16-26(23)22-12-10-21(11-13-22)24(28)25-17-14-20(15-18-25)9-8-19-5-2-1-3-6-19/h1-3,5-6,10-13,20H,4,7-9,14-18H2. The van der Waals surface area contributed by atoms with E-state index in [4.69, 9.17) is 0 Å². The van der Waals surface area contributed by atoms with Crippen molar-refractivity contribution in [1.82, 2.24) is 4.90 Å². The maximum Gasteiger partial charge on any atom is 0.253 e. The molecular formula is C24H28N2O2. The zero-order chi connectivity index (χ0) is 19.3. The van der Waals surface area contributed by atoms with Crippen LogP contribution in [-0.2, 0) is 11.2 Å². The number of anilines is 1. The van der Waals surface area contributed by atoms with Gasteiger partial charge in [-0.1, -0.05) is 30.3 Å². The molecular weight excluding hydrogens is 348 g/mol. The van der Waals surface area contributed by atoms with Gasteiger partial charge in [-0.25, -0.2) is 0 Å². The van der Waals surface area contributed by atoms with E-state index in [1.165, 1.54) is 12.0 Å². The highest BCUT2D eigenvalue weighted by Crippen LogP contribution is 2.25. The number of hydrogen-bond donors (Lipinski definition) is 0. The Morgan fingerprint density at radius 3 is 2.29 bits per heavy atom. The maximum atomic E-state index is 12.8. The van der Waals surface area contributed by atoms with E-state index in [0.29, 0.717) is 12.3 Å². The number of amides is 2. The summed E-state index contributed by atoms with van der Waals surface area (Å²) in [6.45, 7) is 2.46. The number of carbonyl (C=O) groups is 2. The number of carbonyl (C=O) groups excluding carboxylic acids is 2. The van der Waals surface area contributed by atoms with E-state index >= 15 is 0 Å². The molecule has 2 fully saturated rings. The highest BCUT2D eigenvalue weighted by molar-refractivity contribution is 5.97. The second-order valence-corrected chi connectivity index (χ2v) is 7.96. The molecule has 0 spiro atoms. The minimum Gasteiger partial charge on any atom is -0.339 e. The average molecular weight is 377 g/mol. The summed E-state index contributed by atoms with van der Waals surface area (Å²) in [5.74, 6) is 0.991. The lowest BCUT2D eigenvalue weighted by Gasteiger charge is -2.32. The summed E-state index contributed by atoms with van der Waals surface area (Å²) >= 11 is 0. The molecule has 2 aromatic rings. The van der Waals surface area contributed by atoms with Gasteiger partial charge in [-0.3, -0.25) is 9.59 Å². The first-order valence-corrected chi connectivity index (χ1v) is 10.4. The third-order valence-electron chi connectivity index (χ3n) is 6.09. The fraction of sp³-hybridized carbons (Fsp3) is 0.417. The summed E-state index contributed by atoms with van der Waals surface area (Å²) in [6, 6.07) is 18.2. The van der Waals surface area contributed by atoms with E-state index in [9.17, 15) is 9.59 Å². The van der Waals surface area contributed by atoms with Gasteiger partial charge in [0.1, 0.15) is 0 Å². The minimum absolute atomic E-state index is 0.112. The molecule has 2 saturated heterocycles. The van der Waals surface area contributed by atoms with Crippen molar-refractivity contribution in [2.75, 3.05) is 24.5 Å². The number of nitrogens with zero attached hydrogens (tertiary/aromatic N) is 2. The number of aryl methyl sites for hydroxylation is 1. The highest BCUT2D eigenvalue weighted by Gasteiger charge is 2.25. The second kappa shape index (κ2) is 8.59. The van der Waals surface area contributed by atoms with Gasteiger partial charge in [-0.05, 0) is 67.9 Å². The van der Waals surface area contributed by atoms with Crippen molar-refractivity contribution in [3.05, 3.63) is 65.7 Å². The quantitative estimate of drug-likeness (QED) is 0.781. The van der Waals surface area contributed by atoms with Crippen molar-refractivity contribution >= 4 is 17.5 Å². The number of likely N-dealkylation sites (tertiary alicyclic amines) is 1. The lowest BCUT2D eigenvalue weighted by atomic mass is 9.90. The van der Waals surface area contributed by atoms with Crippen molar-refractivity contribution in [3.63, 3.8) is 0 Å². The topological polar surface area (TPSA) is 40.6 Å². The van der Waals surface area contributed by atoms with Crippen LogP contribution < -0.4 is 4.90 Å². The minimum atomic E-state index is 0.112. The van der Waals surface area contributed by atoms with Crippen LogP contribution in [0.2, 0.25) is 0 Å². The summed E-state index contributed by atoms with van der Waals surface area (Å²) in [6.07, 6.45) is 6.03. The van der Waals surface area contributed by atoms with Gasteiger partial charge >= 0.3 is 0 Å². The molecule has 4 rings (SSSR count). The van der Waals surface area contributed by atoms with Crippen LogP contribution in [0.5, 0.6) is 0 Å². The molecule has 0 N–H and O–H groups in total. The van der Waals surface area contributed by atoms with Gasteiger partial charge in [-0.15, -0.1) is 0 Å². The van der Waals surface area contributed by atoms with E-state index in [-0.39, 0.29) is 11.8 Å². The van der Waals surface area contributed by atoms with Crippen LogP contribution in [0.15, 0.2) is 54.6 Å². The number of benzene rings is 2. The van der Waals surface area contributed by atoms with Crippen LogP contribution in [0.25, 0.3) is 0 Å². The Bertz CT molecular complexity index is 808. The Morgan fingerprint density at radius 1 is 0.929 bits per heavy atom. The SMILES string of the molecule is O=C(c1ccc(N2CCCC2=O)cc1)N1CCC(CCc2ccccc2)CC1. The Morgan fingerprint density at radius 2 is 1.64 bits per heavy atom. The third kappa shape index (κ3) is 4.27. The van der Waals surface area contributed by atoms with E-state index in [2.05, 4.69) is 30.3 Å². The van der Waals surface area contributed by atoms with Gasteiger partial charge in [-0.2, -0.15) is 0 Å². The van der Waals surface area contributed by atoms with Gasteiger partial charge < -0.3 is 9.80 Å². The third-order valence-corrected chi connectivity index (χ3v) is 6.09. The number of piperidine rings is 1. The molecule has 146 valence electrons. The van der Waals surface area contributed by atoms with E-state index in [1.807, 2.05) is 34.1 Å².